The minimum atomic E-state index is -4.41. The zero-order valence-electron chi connectivity index (χ0n) is 9.75. The summed E-state index contributed by atoms with van der Waals surface area (Å²) in [6, 6.07) is 10.8. The Morgan fingerprint density at radius 3 is 2.11 bits per heavy atom. The lowest BCUT2D eigenvalue weighted by molar-refractivity contribution is -0.137. The first-order valence-corrected chi connectivity index (χ1v) is 5.42. The van der Waals surface area contributed by atoms with Crippen LogP contribution >= 0.6 is 0 Å². The van der Waals surface area contributed by atoms with Crippen molar-refractivity contribution in [2.45, 2.75) is 13.1 Å². The molecule has 0 saturated carbocycles. The van der Waals surface area contributed by atoms with Crippen LogP contribution in [0.1, 0.15) is 11.1 Å². The maximum atomic E-state index is 12.9. The van der Waals surface area contributed by atoms with Gasteiger partial charge in [-0.1, -0.05) is 35.9 Å². The summed E-state index contributed by atoms with van der Waals surface area (Å²) in [6.07, 6.45) is -4.41. The quantitative estimate of drug-likeness (QED) is 0.753. The van der Waals surface area contributed by atoms with Crippen LogP contribution in [0.2, 0.25) is 0 Å². The molecule has 0 amide bonds. The van der Waals surface area contributed by atoms with E-state index in [0.29, 0.717) is 5.56 Å². The predicted octanol–water partition coefficient (Wildman–Crippen LogP) is 4.26. The fraction of sp³-hybridized carbons (Fsp3) is 0.143. The van der Waals surface area contributed by atoms with E-state index >= 15 is 0 Å². The number of halogens is 3. The summed E-state index contributed by atoms with van der Waals surface area (Å²) in [5.74, 6) is 0. The Bertz CT molecular complexity index is 556. The van der Waals surface area contributed by atoms with Gasteiger partial charge in [-0.15, -0.1) is 0 Å². The largest absolute Gasteiger partial charge is 0.417 e. The van der Waals surface area contributed by atoms with Crippen LogP contribution in [0.5, 0.6) is 0 Å². The summed E-state index contributed by atoms with van der Waals surface area (Å²) < 4.78 is 38.8. The summed E-state index contributed by atoms with van der Waals surface area (Å²) in [5, 5.41) is 0. The third kappa shape index (κ3) is 2.47. The Kier molecular flexibility index (Phi) is 3.03. The van der Waals surface area contributed by atoms with Gasteiger partial charge >= 0.3 is 6.18 Å². The lowest BCUT2D eigenvalue weighted by Gasteiger charge is -2.14. The van der Waals surface area contributed by atoms with Gasteiger partial charge in [0.25, 0.3) is 0 Å². The van der Waals surface area contributed by atoms with E-state index in [9.17, 15) is 13.2 Å². The van der Waals surface area contributed by atoms with E-state index in [1.54, 1.807) is 24.3 Å². The highest BCUT2D eigenvalue weighted by Gasteiger charge is 2.33. The number of nitrogen functional groups attached to an aromatic ring is 1. The first-order chi connectivity index (χ1) is 8.38. The maximum absolute atomic E-state index is 12.9. The number of hydrogen-bond acceptors (Lipinski definition) is 1. The lowest BCUT2D eigenvalue weighted by atomic mass is 9.98. The van der Waals surface area contributed by atoms with Gasteiger partial charge in [0.1, 0.15) is 0 Å². The Balaban J connectivity index is 2.60. The van der Waals surface area contributed by atoms with Crippen LogP contribution in [0.4, 0.5) is 18.9 Å². The number of anilines is 1. The van der Waals surface area contributed by atoms with Crippen LogP contribution in [0.3, 0.4) is 0 Å². The average Bonchev–Trinajstić information content (AvgIpc) is 2.29. The summed E-state index contributed by atoms with van der Waals surface area (Å²) in [6.45, 7) is 1.89. The molecule has 0 aliphatic rings. The number of nitrogens with two attached hydrogens (primary N) is 1. The summed E-state index contributed by atoms with van der Waals surface area (Å²) in [4.78, 5) is 0. The highest BCUT2D eigenvalue weighted by Crippen LogP contribution is 2.38. The van der Waals surface area contributed by atoms with Gasteiger partial charge in [-0.05, 0) is 30.2 Å². The first-order valence-electron chi connectivity index (χ1n) is 5.42. The smallest absolute Gasteiger partial charge is 0.399 e. The van der Waals surface area contributed by atoms with Crippen molar-refractivity contribution in [1.82, 2.24) is 0 Å². The van der Waals surface area contributed by atoms with Crippen molar-refractivity contribution < 1.29 is 13.2 Å². The molecule has 1 nitrogen and oxygen atoms in total. The molecule has 2 rings (SSSR count). The second-order valence-corrected chi connectivity index (χ2v) is 4.17. The first kappa shape index (κ1) is 12.5. The van der Waals surface area contributed by atoms with Crippen molar-refractivity contribution in [3.63, 3.8) is 0 Å². The Morgan fingerprint density at radius 2 is 1.56 bits per heavy atom. The van der Waals surface area contributed by atoms with Gasteiger partial charge < -0.3 is 5.73 Å². The van der Waals surface area contributed by atoms with E-state index in [-0.39, 0.29) is 11.3 Å². The van der Waals surface area contributed by atoms with Gasteiger partial charge in [0.15, 0.2) is 0 Å². The molecule has 0 bridgehead atoms. The second-order valence-electron chi connectivity index (χ2n) is 4.17. The molecule has 2 N–H and O–H groups in total. The molecule has 2 aromatic carbocycles. The molecule has 0 spiro atoms. The molecule has 0 aromatic heterocycles. The SMILES string of the molecule is Cc1ccc(-c2ccc(N)cc2C(F)(F)F)cc1. The van der Waals surface area contributed by atoms with Crippen molar-refractivity contribution in [1.29, 1.82) is 0 Å². The minimum absolute atomic E-state index is 0.109. The molecule has 0 unspecified atom stereocenters. The van der Waals surface area contributed by atoms with Crippen LogP contribution in [0.25, 0.3) is 11.1 Å². The van der Waals surface area contributed by atoms with Crippen molar-refractivity contribution in [3.8, 4) is 11.1 Å². The summed E-state index contributed by atoms with van der Waals surface area (Å²) in [5.41, 5.74) is 6.52. The van der Waals surface area contributed by atoms with Gasteiger partial charge in [0, 0.05) is 5.69 Å². The molecule has 2 aromatic rings. The van der Waals surface area contributed by atoms with Gasteiger partial charge in [-0.2, -0.15) is 13.2 Å². The van der Waals surface area contributed by atoms with Crippen molar-refractivity contribution in [3.05, 3.63) is 53.6 Å². The van der Waals surface area contributed by atoms with E-state index in [2.05, 4.69) is 0 Å². The average molecular weight is 251 g/mol. The fourth-order valence-corrected chi connectivity index (χ4v) is 1.78. The Morgan fingerprint density at radius 1 is 0.944 bits per heavy atom. The van der Waals surface area contributed by atoms with Gasteiger partial charge in [-0.3, -0.25) is 0 Å². The number of benzene rings is 2. The maximum Gasteiger partial charge on any atom is 0.417 e. The molecular formula is C14H12F3N. The van der Waals surface area contributed by atoms with Gasteiger partial charge in [0.05, 0.1) is 5.56 Å². The van der Waals surface area contributed by atoms with E-state index in [4.69, 9.17) is 5.73 Å². The zero-order valence-corrected chi connectivity index (χ0v) is 9.75. The molecule has 0 aliphatic carbocycles. The summed E-state index contributed by atoms with van der Waals surface area (Å²) >= 11 is 0. The molecule has 0 saturated heterocycles. The van der Waals surface area contributed by atoms with Gasteiger partial charge in [-0.25, -0.2) is 0 Å². The fourth-order valence-electron chi connectivity index (χ4n) is 1.78. The van der Waals surface area contributed by atoms with E-state index in [0.717, 1.165) is 11.6 Å². The van der Waals surface area contributed by atoms with E-state index < -0.39 is 11.7 Å². The third-order valence-electron chi connectivity index (χ3n) is 2.71. The lowest BCUT2D eigenvalue weighted by Crippen LogP contribution is -2.08. The molecule has 0 heterocycles. The molecule has 18 heavy (non-hydrogen) atoms. The Hall–Kier alpha value is -1.97. The van der Waals surface area contributed by atoms with Crippen LogP contribution < -0.4 is 5.73 Å². The molecule has 94 valence electrons. The van der Waals surface area contributed by atoms with Crippen molar-refractivity contribution in [2.75, 3.05) is 5.73 Å². The van der Waals surface area contributed by atoms with Crippen molar-refractivity contribution in [2.24, 2.45) is 0 Å². The molecule has 4 heteroatoms. The molecular weight excluding hydrogens is 239 g/mol. The molecule has 0 radical (unpaired) electrons. The van der Waals surface area contributed by atoms with Gasteiger partial charge in [0.2, 0.25) is 0 Å². The topological polar surface area (TPSA) is 26.0 Å². The number of hydrogen-bond donors (Lipinski definition) is 1. The highest BCUT2D eigenvalue weighted by molar-refractivity contribution is 5.70. The Labute approximate surface area is 103 Å². The number of alkyl halides is 3. The van der Waals surface area contributed by atoms with E-state index in [1.807, 2.05) is 6.92 Å². The minimum Gasteiger partial charge on any atom is -0.399 e. The molecule has 0 atom stereocenters. The van der Waals surface area contributed by atoms with Crippen LogP contribution in [0, 0.1) is 6.92 Å². The van der Waals surface area contributed by atoms with Crippen LogP contribution in [0.15, 0.2) is 42.5 Å². The van der Waals surface area contributed by atoms with Crippen LogP contribution in [-0.2, 0) is 6.18 Å². The number of rotatable bonds is 1. The molecule has 0 aliphatic heterocycles. The monoisotopic (exact) mass is 251 g/mol. The van der Waals surface area contributed by atoms with Crippen LogP contribution in [-0.4, -0.2) is 0 Å². The second kappa shape index (κ2) is 4.37. The normalized spacial score (nSPS) is 11.6. The third-order valence-corrected chi connectivity index (χ3v) is 2.71. The summed E-state index contributed by atoms with van der Waals surface area (Å²) in [7, 11) is 0. The number of aryl methyl sites for hydroxylation is 1. The predicted molar refractivity (Wildman–Crippen MR) is 66.0 cm³/mol. The molecule has 0 fully saturated rings. The standard InChI is InChI=1S/C14H12F3N/c1-9-2-4-10(5-3-9)12-7-6-11(18)8-13(12)14(15,16)17/h2-8H,18H2,1H3. The highest BCUT2D eigenvalue weighted by atomic mass is 19.4. The van der Waals surface area contributed by atoms with Crippen molar-refractivity contribution >= 4 is 5.69 Å². The van der Waals surface area contributed by atoms with E-state index in [1.165, 1.54) is 12.1 Å². The zero-order chi connectivity index (χ0) is 13.3.